The molecule has 6 heteroatoms. The van der Waals surface area contributed by atoms with Crippen molar-refractivity contribution in [1.82, 2.24) is 4.98 Å². The molecule has 0 fully saturated rings. The molecule has 0 saturated carbocycles. The third-order valence-electron chi connectivity index (χ3n) is 1.53. The van der Waals surface area contributed by atoms with Gasteiger partial charge < -0.3 is 10.9 Å². The maximum atomic E-state index is 8.30. The molecule has 1 aromatic rings. The Balaban J connectivity index is 2.16. The van der Waals surface area contributed by atoms with Crippen molar-refractivity contribution in [3.05, 3.63) is 11.1 Å². The molecule has 0 aliphatic rings. The van der Waals surface area contributed by atoms with Crippen LogP contribution in [0.2, 0.25) is 0 Å². The minimum absolute atomic E-state index is 0.293. The van der Waals surface area contributed by atoms with Crippen molar-refractivity contribution in [3.63, 3.8) is 0 Å². The number of thiazole rings is 1. The van der Waals surface area contributed by atoms with E-state index < -0.39 is 0 Å². The van der Waals surface area contributed by atoms with Crippen molar-refractivity contribution >= 4 is 28.9 Å². The molecule has 0 aliphatic carbocycles. The van der Waals surface area contributed by atoms with Gasteiger partial charge >= 0.3 is 0 Å². The molecule has 0 radical (unpaired) electrons. The summed E-state index contributed by atoms with van der Waals surface area (Å²) in [5.74, 6) is 1.24. The molecule has 0 spiro atoms. The number of hydrogen-bond donors (Lipinski definition) is 2. The lowest BCUT2D eigenvalue weighted by molar-refractivity contribution is 0.317. The summed E-state index contributed by atoms with van der Waals surface area (Å²) in [6.07, 6.45) is 1.53. The van der Waals surface area contributed by atoms with Gasteiger partial charge in [0.1, 0.15) is 10.2 Å². The number of nitrogens with zero attached hydrogens (tertiary/aromatic N) is 2. The van der Waals surface area contributed by atoms with Crippen molar-refractivity contribution in [2.75, 3.05) is 5.75 Å². The number of hydrogen-bond acceptors (Lipinski definition) is 5. The highest BCUT2D eigenvalue weighted by Crippen LogP contribution is 2.22. The van der Waals surface area contributed by atoms with Gasteiger partial charge in [-0.1, -0.05) is 16.9 Å². The Morgan fingerprint density at radius 3 is 3.14 bits per heavy atom. The first-order chi connectivity index (χ1) is 6.72. The van der Waals surface area contributed by atoms with Crippen LogP contribution >= 0.6 is 23.1 Å². The number of thioether (sulfide) groups is 1. The van der Waals surface area contributed by atoms with Crippen molar-refractivity contribution < 1.29 is 5.21 Å². The maximum Gasteiger partial charge on any atom is 0.150 e. The Hall–Kier alpha value is -0.750. The average molecular weight is 231 g/mol. The Kier molecular flexibility index (Phi) is 4.75. The van der Waals surface area contributed by atoms with E-state index in [1.165, 1.54) is 0 Å². The van der Waals surface area contributed by atoms with Gasteiger partial charge in [0.25, 0.3) is 0 Å². The predicted molar refractivity (Wildman–Crippen MR) is 60.2 cm³/mol. The minimum Gasteiger partial charge on any atom is -0.409 e. The highest BCUT2D eigenvalue weighted by Gasteiger charge is 1.99. The number of rotatable bonds is 5. The summed E-state index contributed by atoms with van der Waals surface area (Å²) in [6.45, 7) is 1.98. The second-order valence-electron chi connectivity index (χ2n) is 2.80. The Bertz CT molecular complexity index is 311. The van der Waals surface area contributed by atoms with Gasteiger partial charge in [0.2, 0.25) is 0 Å². The number of oxime groups is 1. The molecule has 0 saturated heterocycles. The molecule has 1 aromatic heterocycles. The van der Waals surface area contributed by atoms with Gasteiger partial charge in [-0.15, -0.1) is 11.3 Å². The first-order valence-electron chi connectivity index (χ1n) is 4.23. The van der Waals surface area contributed by atoms with Crippen LogP contribution in [0.4, 0.5) is 0 Å². The molecule has 1 rings (SSSR count). The normalized spacial score (nSPS) is 11.9. The lowest BCUT2D eigenvalue weighted by Crippen LogP contribution is -2.11. The number of aryl methyl sites for hydroxylation is 1. The number of aromatic nitrogens is 1. The Morgan fingerprint density at radius 1 is 1.79 bits per heavy atom. The predicted octanol–water partition coefficient (Wildman–Crippen LogP) is 2.07. The molecular weight excluding hydrogens is 218 g/mol. The van der Waals surface area contributed by atoms with Gasteiger partial charge in [0.15, 0.2) is 0 Å². The van der Waals surface area contributed by atoms with Crippen LogP contribution in [0.5, 0.6) is 0 Å². The van der Waals surface area contributed by atoms with E-state index in [2.05, 4.69) is 10.1 Å². The van der Waals surface area contributed by atoms with Crippen molar-refractivity contribution in [1.29, 1.82) is 0 Å². The molecule has 0 aromatic carbocycles. The van der Waals surface area contributed by atoms with Crippen LogP contribution in [0, 0.1) is 6.92 Å². The maximum absolute atomic E-state index is 8.30. The first kappa shape index (κ1) is 11.3. The average Bonchev–Trinajstić information content (AvgIpc) is 2.58. The smallest absolute Gasteiger partial charge is 0.150 e. The Morgan fingerprint density at radius 2 is 2.57 bits per heavy atom. The molecule has 4 nitrogen and oxygen atoms in total. The topological polar surface area (TPSA) is 71.5 Å². The van der Waals surface area contributed by atoms with E-state index in [0.717, 1.165) is 22.2 Å². The molecule has 0 atom stereocenters. The molecule has 0 amide bonds. The molecule has 14 heavy (non-hydrogen) atoms. The van der Waals surface area contributed by atoms with E-state index in [9.17, 15) is 0 Å². The molecule has 3 N–H and O–H groups in total. The van der Waals surface area contributed by atoms with Crippen LogP contribution in [-0.2, 0) is 0 Å². The number of nitrogens with two attached hydrogens (primary N) is 1. The van der Waals surface area contributed by atoms with Gasteiger partial charge in [-0.3, -0.25) is 0 Å². The lowest BCUT2D eigenvalue weighted by atomic mass is 10.3. The molecular formula is C8H13N3OS2. The summed E-state index contributed by atoms with van der Waals surface area (Å²) in [6, 6.07) is 0. The zero-order valence-electron chi connectivity index (χ0n) is 7.93. The van der Waals surface area contributed by atoms with E-state index in [0.29, 0.717) is 12.3 Å². The molecule has 0 unspecified atom stereocenters. The largest absolute Gasteiger partial charge is 0.409 e. The van der Waals surface area contributed by atoms with E-state index >= 15 is 0 Å². The molecule has 1 heterocycles. The second kappa shape index (κ2) is 5.87. The summed E-state index contributed by atoms with van der Waals surface area (Å²) < 4.78 is 1.09. The monoisotopic (exact) mass is 231 g/mol. The summed E-state index contributed by atoms with van der Waals surface area (Å²) in [5.41, 5.74) is 6.40. The van der Waals surface area contributed by atoms with Gasteiger partial charge in [0.05, 0.1) is 0 Å². The minimum atomic E-state index is 0.293. The number of amidine groups is 1. The zero-order chi connectivity index (χ0) is 10.4. The lowest BCUT2D eigenvalue weighted by Gasteiger charge is -1.97. The van der Waals surface area contributed by atoms with Gasteiger partial charge in [-0.2, -0.15) is 0 Å². The standard InChI is InChI=1S/C8H13N3OS2/c1-6-5-14-8(10-6)13-4-2-3-7(9)11-12/h5,12H,2-4H2,1H3,(H2,9,11). The van der Waals surface area contributed by atoms with Crippen LogP contribution in [0.25, 0.3) is 0 Å². The summed E-state index contributed by atoms with van der Waals surface area (Å²) in [7, 11) is 0. The van der Waals surface area contributed by atoms with Crippen LogP contribution in [0.1, 0.15) is 18.5 Å². The summed E-state index contributed by atoms with van der Waals surface area (Å²) >= 11 is 3.36. The van der Waals surface area contributed by atoms with Crippen molar-refractivity contribution in [2.24, 2.45) is 10.9 Å². The van der Waals surface area contributed by atoms with Crippen LogP contribution in [-0.4, -0.2) is 21.8 Å². The van der Waals surface area contributed by atoms with Gasteiger partial charge in [0, 0.05) is 23.2 Å². The first-order valence-corrected chi connectivity index (χ1v) is 6.10. The Labute approximate surface area is 91.2 Å². The van der Waals surface area contributed by atoms with Gasteiger partial charge in [-0.25, -0.2) is 4.98 Å². The van der Waals surface area contributed by atoms with Crippen LogP contribution in [0.3, 0.4) is 0 Å². The third kappa shape index (κ3) is 3.97. The van der Waals surface area contributed by atoms with Crippen molar-refractivity contribution in [3.8, 4) is 0 Å². The fourth-order valence-corrected chi connectivity index (χ4v) is 2.72. The SMILES string of the molecule is Cc1csc(SCCC/C(N)=N/O)n1. The molecule has 0 aliphatic heterocycles. The van der Waals surface area contributed by atoms with Crippen LogP contribution in [0.15, 0.2) is 14.9 Å². The fraction of sp³-hybridized carbons (Fsp3) is 0.500. The highest BCUT2D eigenvalue weighted by molar-refractivity contribution is 8.00. The quantitative estimate of drug-likeness (QED) is 0.203. The second-order valence-corrected chi connectivity index (χ2v) is 5.00. The van der Waals surface area contributed by atoms with Crippen LogP contribution < -0.4 is 5.73 Å². The van der Waals surface area contributed by atoms with E-state index in [1.807, 2.05) is 12.3 Å². The fourth-order valence-electron chi connectivity index (χ4n) is 0.861. The van der Waals surface area contributed by atoms with E-state index in [4.69, 9.17) is 10.9 Å². The van der Waals surface area contributed by atoms with E-state index in [1.54, 1.807) is 23.1 Å². The summed E-state index contributed by atoms with van der Waals surface area (Å²) in [5, 5.41) is 13.2. The highest BCUT2D eigenvalue weighted by atomic mass is 32.2. The molecule has 0 bridgehead atoms. The third-order valence-corrected chi connectivity index (χ3v) is 3.75. The van der Waals surface area contributed by atoms with Gasteiger partial charge in [-0.05, 0) is 13.3 Å². The van der Waals surface area contributed by atoms with E-state index in [-0.39, 0.29) is 0 Å². The molecule has 78 valence electrons. The van der Waals surface area contributed by atoms with Crippen molar-refractivity contribution in [2.45, 2.75) is 24.1 Å². The zero-order valence-corrected chi connectivity index (χ0v) is 9.57. The summed E-state index contributed by atoms with van der Waals surface area (Å²) in [4.78, 5) is 4.32.